The molecule has 5 nitrogen and oxygen atoms in total. The maximum absolute atomic E-state index is 13.5. The minimum absolute atomic E-state index is 0.0869. The third kappa shape index (κ3) is 4.90. The maximum Gasteiger partial charge on any atom is 0.320 e. The maximum atomic E-state index is 13.5. The van der Waals surface area contributed by atoms with Gasteiger partial charge in [0, 0.05) is 17.4 Å². The molecule has 1 atom stereocenters. The van der Waals surface area contributed by atoms with Crippen molar-refractivity contribution in [1.82, 2.24) is 4.90 Å². The number of benzene rings is 1. The molecule has 1 unspecified atom stereocenters. The molecule has 20 heavy (non-hydrogen) atoms. The van der Waals surface area contributed by atoms with Crippen LogP contribution in [-0.2, 0) is 9.59 Å². The van der Waals surface area contributed by atoms with Crippen molar-refractivity contribution in [3.05, 3.63) is 28.5 Å². The summed E-state index contributed by atoms with van der Waals surface area (Å²) in [6.07, 6.45) is 0.0869. The number of halogens is 2. The van der Waals surface area contributed by atoms with E-state index in [4.69, 9.17) is 5.11 Å². The Balaban J connectivity index is 2.50. The third-order valence-corrected chi connectivity index (χ3v) is 3.41. The van der Waals surface area contributed by atoms with E-state index < -0.39 is 17.8 Å². The molecule has 1 amide bonds. The minimum atomic E-state index is -0.952. The van der Waals surface area contributed by atoms with Gasteiger partial charge in [-0.2, -0.15) is 0 Å². The molecular formula is C13H16BrFN2O3. The van der Waals surface area contributed by atoms with E-state index in [0.717, 1.165) is 0 Å². The quantitative estimate of drug-likeness (QED) is 0.829. The Bertz CT molecular complexity index is 510. The second-order valence-corrected chi connectivity index (χ2v) is 5.33. The van der Waals surface area contributed by atoms with E-state index >= 15 is 0 Å². The molecule has 1 rings (SSSR count). The van der Waals surface area contributed by atoms with Gasteiger partial charge in [0.05, 0.1) is 5.69 Å². The van der Waals surface area contributed by atoms with Crippen LogP contribution in [0.4, 0.5) is 10.1 Å². The molecule has 0 saturated heterocycles. The number of nitrogens with one attached hydrogen (secondary N) is 1. The first-order valence-corrected chi connectivity index (χ1v) is 6.78. The Hall–Kier alpha value is -1.47. The van der Waals surface area contributed by atoms with Gasteiger partial charge >= 0.3 is 5.97 Å². The van der Waals surface area contributed by atoms with Gasteiger partial charge in [-0.1, -0.05) is 15.9 Å². The van der Waals surface area contributed by atoms with Gasteiger partial charge in [-0.25, -0.2) is 4.39 Å². The van der Waals surface area contributed by atoms with Gasteiger partial charge in [-0.3, -0.25) is 14.5 Å². The van der Waals surface area contributed by atoms with Crippen LogP contribution in [0.2, 0.25) is 0 Å². The molecule has 0 saturated carbocycles. The van der Waals surface area contributed by atoms with Crippen molar-refractivity contribution in [2.45, 2.75) is 19.4 Å². The Labute approximate surface area is 124 Å². The molecule has 0 heterocycles. The normalized spacial score (nSPS) is 12.2. The first-order chi connectivity index (χ1) is 9.31. The van der Waals surface area contributed by atoms with Crippen LogP contribution in [0.15, 0.2) is 22.7 Å². The van der Waals surface area contributed by atoms with Crippen LogP contribution in [0.1, 0.15) is 13.3 Å². The molecule has 0 aromatic heterocycles. The van der Waals surface area contributed by atoms with Crippen LogP contribution in [0.3, 0.4) is 0 Å². The molecule has 1 aromatic carbocycles. The smallest absolute Gasteiger partial charge is 0.320 e. The molecule has 0 spiro atoms. The number of rotatable bonds is 6. The van der Waals surface area contributed by atoms with E-state index in [0.29, 0.717) is 4.47 Å². The zero-order valence-corrected chi connectivity index (χ0v) is 12.8. The van der Waals surface area contributed by atoms with Crippen molar-refractivity contribution >= 4 is 33.5 Å². The molecule has 110 valence electrons. The monoisotopic (exact) mass is 346 g/mol. The Kier molecular flexibility index (Phi) is 6.09. The van der Waals surface area contributed by atoms with E-state index in [1.54, 1.807) is 18.0 Å². The number of carbonyl (C=O) groups is 2. The largest absolute Gasteiger partial charge is 0.480 e. The molecule has 0 bridgehead atoms. The predicted molar refractivity (Wildman–Crippen MR) is 77.1 cm³/mol. The topological polar surface area (TPSA) is 69.6 Å². The molecule has 0 aliphatic heterocycles. The number of carbonyl (C=O) groups excluding carboxylic acids is 1. The zero-order chi connectivity index (χ0) is 15.3. The first-order valence-electron chi connectivity index (χ1n) is 5.99. The molecule has 0 fully saturated rings. The lowest BCUT2D eigenvalue weighted by molar-refractivity contribution is -0.142. The first kappa shape index (κ1) is 16.6. The summed E-state index contributed by atoms with van der Waals surface area (Å²) < 4.78 is 14.1. The summed E-state index contributed by atoms with van der Waals surface area (Å²) in [6, 6.07) is 3.67. The van der Waals surface area contributed by atoms with E-state index in [2.05, 4.69) is 21.2 Å². The van der Waals surface area contributed by atoms with E-state index in [1.165, 1.54) is 19.1 Å². The number of hydrogen-bond acceptors (Lipinski definition) is 3. The van der Waals surface area contributed by atoms with Gasteiger partial charge in [0.15, 0.2) is 0 Å². The second kappa shape index (κ2) is 7.35. The van der Waals surface area contributed by atoms with Crippen LogP contribution in [0, 0.1) is 5.82 Å². The lowest BCUT2D eigenvalue weighted by atomic mass is 10.2. The average Bonchev–Trinajstić information content (AvgIpc) is 2.38. The number of aliphatic carboxylic acids is 1. The molecule has 7 heteroatoms. The summed E-state index contributed by atoms with van der Waals surface area (Å²) >= 11 is 3.13. The molecule has 2 N–H and O–H groups in total. The van der Waals surface area contributed by atoms with E-state index in [9.17, 15) is 14.0 Å². The van der Waals surface area contributed by atoms with Crippen LogP contribution in [0.25, 0.3) is 0 Å². The standard InChI is InChI=1S/C13H16BrFN2O3/c1-8(13(19)20)17(2)6-5-12(18)16-11-4-3-9(14)7-10(11)15/h3-4,7-8H,5-6H2,1-2H3,(H,16,18)(H,19,20). The summed E-state index contributed by atoms with van der Waals surface area (Å²) in [5.41, 5.74) is 0.104. The summed E-state index contributed by atoms with van der Waals surface area (Å²) in [6.45, 7) is 1.81. The number of amides is 1. The van der Waals surface area contributed by atoms with Crippen molar-refractivity contribution in [3.8, 4) is 0 Å². The van der Waals surface area contributed by atoms with E-state index in [1.807, 2.05) is 0 Å². The molecular weight excluding hydrogens is 331 g/mol. The number of carboxylic acid groups (broad SMARTS) is 1. The SMILES string of the molecule is CC(C(=O)O)N(C)CCC(=O)Nc1ccc(Br)cc1F. The predicted octanol–water partition coefficient (Wildman–Crippen LogP) is 2.32. The highest BCUT2D eigenvalue weighted by molar-refractivity contribution is 9.10. The summed E-state index contributed by atoms with van der Waals surface area (Å²) in [4.78, 5) is 24.0. The highest BCUT2D eigenvalue weighted by Gasteiger charge is 2.17. The molecule has 1 aromatic rings. The summed E-state index contributed by atoms with van der Waals surface area (Å²) in [7, 11) is 1.62. The fraction of sp³-hybridized carbons (Fsp3) is 0.385. The lowest BCUT2D eigenvalue weighted by Gasteiger charge is -2.20. The van der Waals surface area contributed by atoms with Gasteiger partial charge in [0.1, 0.15) is 11.9 Å². The zero-order valence-electron chi connectivity index (χ0n) is 11.2. The molecule has 0 aliphatic rings. The fourth-order valence-electron chi connectivity index (χ4n) is 1.46. The average molecular weight is 347 g/mol. The van der Waals surface area contributed by atoms with Crippen molar-refractivity contribution in [3.63, 3.8) is 0 Å². The lowest BCUT2D eigenvalue weighted by Crippen LogP contribution is -2.37. The number of nitrogens with zero attached hydrogens (tertiary/aromatic N) is 1. The van der Waals surface area contributed by atoms with Crippen LogP contribution < -0.4 is 5.32 Å². The minimum Gasteiger partial charge on any atom is -0.480 e. The summed E-state index contributed by atoms with van der Waals surface area (Å²) in [5.74, 6) is -1.84. The third-order valence-electron chi connectivity index (χ3n) is 2.92. The van der Waals surface area contributed by atoms with Crippen molar-refractivity contribution in [2.75, 3.05) is 18.9 Å². The van der Waals surface area contributed by atoms with Crippen LogP contribution in [-0.4, -0.2) is 41.5 Å². The number of hydrogen-bond donors (Lipinski definition) is 2. The van der Waals surface area contributed by atoms with Crippen molar-refractivity contribution in [1.29, 1.82) is 0 Å². The second-order valence-electron chi connectivity index (χ2n) is 4.42. The molecule has 0 aliphatic carbocycles. The number of likely N-dealkylation sites (N-methyl/N-ethyl adjacent to an activating group) is 1. The fourth-order valence-corrected chi connectivity index (χ4v) is 1.80. The highest BCUT2D eigenvalue weighted by atomic mass is 79.9. The molecule has 0 radical (unpaired) electrons. The summed E-state index contributed by atoms with van der Waals surface area (Å²) in [5, 5.41) is 11.3. The Morgan fingerprint density at radius 2 is 2.15 bits per heavy atom. The van der Waals surface area contributed by atoms with Gasteiger partial charge in [0.25, 0.3) is 0 Å². The van der Waals surface area contributed by atoms with Gasteiger partial charge in [-0.15, -0.1) is 0 Å². The van der Waals surface area contributed by atoms with E-state index in [-0.39, 0.29) is 24.6 Å². The number of anilines is 1. The van der Waals surface area contributed by atoms with Crippen LogP contribution in [0.5, 0.6) is 0 Å². The Morgan fingerprint density at radius 3 is 2.70 bits per heavy atom. The van der Waals surface area contributed by atoms with Gasteiger partial charge in [0.2, 0.25) is 5.91 Å². The van der Waals surface area contributed by atoms with Crippen molar-refractivity contribution in [2.24, 2.45) is 0 Å². The van der Waals surface area contributed by atoms with Gasteiger partial charge < -0.3 is 10.4 Å². The Morgan fingerprint density at radius 1 is 1.50 bits per heavy atom. The number of carboxylic acids is 1. The van der Waals surface area contributed by atoms with Crippen molar-refractivity contribution < 1.29 is 19.1 Å². The van der Waals surface area contributed by atoms with Crippen LogP contribution >= 0.6 is 15.9 Å². The highest BCUT2D eigenvalue weighted by Crippen LogP contribution is 2.19. The van der Waals surface area contributed by atoms with Gasteiger partial charge in [-0.05, 0) is 32.2 Å².